The molecule has 4 amide bonds. The number of halogens is 1. The summed E-state index contributed by atoms with van der Waals surface area (Å²) < 4.78 is 0.867. The van der Waals surface area contributed by atoms with Crippen LogP contribution in [-0.4, -0.2) is 34.2 Å². The predicted octanol–water partition coefficient (Wildman–Crippen LogP) is 3.63. The Balaban J connectivity index is 1.67. The number of allylic oxidation sites excluding steroid dienone is 1. The van der Waals surface area contributed by atoms with E-state index in [-0.39, 0.29) is 13.1 Å². The van der Waals surface area contributed by atoms with Gasteiger partial charge < -0.3 is 0 Å². The van der Waals surface area contributed by atoms with Crippen LogP contribution >= 0.6 is 15.9 Å². The fourth-order valence-corrected chi connectivity index (χ4v) is 3.54. The van der Waals surface area contributed by atoms with Gasteiger partial charge in [0.25, 0.3) is 0 Å². The van der Waals surface area contributed by atoms with E-state index in [1.165, 1.54) is 12.0 Å². The molecule has 0 radical (unpaired) electrons. The second-order valence-corrected chi connectivity index (χ2v) is 7.03. The van der Waals surface area contributed by atoms with E-state index in [4.69, 9.17) is 0 Å². The highest BCUT2D eigenvalue weighted by Gasteiger charge is 2.44. The molecule has 126 valence electrons. The number of carbonyl (C=O) groups excluding carboxylic acids is 3. The van der Waals surface area contributed by atoms with Gasteiger partial charge in [-0.25, -0.2) is 4.79 Å². The Morgan fingerprint density at radius 2 is 1.83 bits per heavy atom. The fraction of sp³-hybridized carbons (Fsp3) is 0.389. The van der Waals surface area contributed by atoms with Gasteiger partial charge in [-0.05, 0) is 49.8 Å². The maximum absolute atomic E-state index is 12.5. The molecule has 1 fully saturated rings. The summed E-state index contributed by atoms with van der Waals surface area (Å²) >= 11 is 3.36. The number of rotatable bonds is 5. The van der Waals surface area contributed by atoms with Crippen molar-refractivity contribution in [2.45, 2.75) is 38.6 Å². The first-order chi connectivity index (χ1) is 11.6. The SMILES string of the molecule is O=C1C(=O)N(Cc2cccc(Br)c2)C(=O)N1CCC1=CCCCC1. The Hall–Kier alpha value is -1.95. The van der Waals surface area contributed by atoms with Crippen molar-refractivity contribution in [2.75, 3.05) is 6.54 Å². The van der Waals surface area contributed by atoms with Crippen molar-refractivity contribution in [3.63, 3.8) is 0 Å². The zero-order valence-electron chi connectivity index (χ0n) is 13.3. The molecule has 0 N–H and O–H groups in total. The Morgan fingerprint density at radius 1 is 1.04 bits per heavy atom. The minimum Gasteiger partial charge on any atom is -0.263 e. The van der Waals surface area contributed by atoms with Crippen LogP contribution in [0.5, 0.6) is 0 Å². The zero-order chi connectivity index (χ0) is 17.1. The van der Waals surface area contributed by atoms with Gasteiger partial charge >= 0.3 is 17.8 Å². The molecule has 1 aromatic rings. The normalized spacial score (nSPS) is 18.4. The lowest BCUT2D eigenvalue weighted by Gasteiger charge is -2.18. The maximum atomic E-state index is 12.5. The van der Waals surface area contributed by atoms with Gasteiger partial charge in [0.1, 0.15) is 0 Å². The first-order valence-corrected chi connectivity index (χ1v) is 8.95. The highest BCUT2D eigenvalue weighted by molar-refractivity contribution is 9.10. The summed E-state index contributed by atoms with van der Waals surface area (Å²) in [6, 6.07) is 6.85. The van der Waals surface area contributed by atoms with Gasteiger partial charge in [-0.2, -0.15) is 0 Å². The van der Waals surface area contributed by atoms with E-state index >= 15 is 0 Å². The first-order valence-electron chi connectivity index (χ1n) is 8.16. The van der Waals surface area contributed by atoms with E-state index in [1.807, 2.05) is 24.3 Å². The molecule has 1 saturated heterocycles. The Kier molecular flexibility index (Phi) is 5.14. The van der Waals surface area contributed by atoms with E-state index in [0.717, 1.165) is 39.1 Å². The van der Waals surface area contributed by atoms with Crippen LogP contribution in [0.15, 0.2) is 40.4 Å². The fourth-order valence-electron chi connectivity index (χ4n) is 3.09. The standard InChI is InChI=1S/C18H19BrN2O3/c19-15-8-4-7-14(11-15)12-21-17(23)16(22)20(18(21)24)10-9-13-5-2-1-3-6-13/h4-5,7-8,11H,1-3,6,9-10,12H2. The van der Waals surface area contributed by atoms with Gasteiger partial charge in [-0.1, -0.05) is 39.7 Å². The van der Waals surface area contributed by atoms with Gasteiger partial charge in [-0.3, -0.25) is 19.4 Å². The van der Waals surface area contributed by atoms with Crippen molar-refractivity contribution < 1.29 is 14.4 Å². The van der Waals surface area contributed by atoms with Crippen molar-refractivity contribution in [3.8, 4) is 0 Å². The summed E-state index contributed by atoms with van der Waals surface area (Å²) in [5, 5.41) is 0. The van der Waals surface area contributed by atoms with Crippen molar-refractivity contribution >= 4 is 33.8 Å². The molecular formula is C18H19BrN2O3. The molecule has 6 heteroatoms. The van der Waals surface area contributed by atoms with E-state index in [9.17, 15) is 14.4 Å². The van der Waals surface area contributed by atoms with Crippen LogP contribution in [0.4, 0.5) is 4.79 Å². The third-order valence-electron chi connectivity index (χ3n) is 4.41. The number of nitrogens with zero attached hydrogens (tertiary/aromatic N) is 2. The molecular weight excluding hydrogens is 372 g/mol. The van der Waals surface area contributed by atoms with Crippen LogP contribution in [0.1, 0.15) is 37.7 Å². The van der Waals surface area contributed by atoms with Gasteiger partial charge in [0.05, 0.1) is 6.54 Å². The summed E-state index contributed by atoms with van der Waals surface area (Å²) in [5.41, 5.74) is 2.08. The quantitative estimate of drug-likeness (QED) is 0.438. The van der Waals surface area contributed by atoms with Crippen LogP contribution in [0.25, 0.3) is 0 Å². The Morgan fingerprint density at radius 3 is 2.54 bits per heavy atom. The number of urea groups is 1. The third kappa shape index (κ3) is 3.59. The first kappa shape index (κ1) is 16.9. The number of amides is 4. The Bertz CT molecular complexity index is 714. The number of imide groups is 2. The Labute approximate surface area is 149 Å². The second kappa shape index (κ2) is 7.30. The monoisotopic (exact) mass is 390 g/mol. The highest BCUT2D eigenvalue weighted by atomic mass is 79.9. The average molecular weight is 391 g/mol. The van der Waals surface area contributed by atoms with Crippen LogP contribution < -0.4 is 0 Å². The molecule has 1 aliphatic heterocycles. The summed E-state index contributed by atoms with van der Waals surface area (Å²) in [7, 11) is 0. The zero-order valence-corrected chi connectivity index (χ0v) is 14.9. The summed E-state index contributed by atoms with van der Waals surface area (Å²) in [4.78, 5) is 38.9. The molecule has 0 atom stereocenters. The van der Waals surface area contributed by atoms with Gasteiger partial charge in [-0.15, -0.1) is 0 Å². The second-order valence-electron chi connectivity index (χ2n) is 6.12. The van der Waals surface area contributed by atoms with Crippen molar-refractivity contribution in [1.82, 2.24) is 9.80 Å². The number of hydrogen-bond acceptors (Lipinski definition) is 3. The molecule has 0 unspecified atom stereocenters. The minimum absolute atomic E-state index is 0.113. The number of benzene rings is 1. The molecule has 2 aliphatic rings. The minimum atomic E-state index is -0.738. The maximum Gasteiger partial charge on any atom is 0.334 e. The highest BCUT2D eigenvalue weighted by Crippen LogP contribution is 2.23. The van der Waals surface area contributed by atoms with E-state index in [1.54, 1.807) is 0 Å². The lowest BCUT2D eigenvalue weighted by molar-refractivity contribution is -0.143. The smallest absolute Gasteiger partial charge is 0.263 e. The molecule has 24 heavy (non-hydrogen) atoms. The number of carbonyl (C=O) groups is 3. The van der Waals surface area contributed by atoms with E-state index in [0.29, 0.717) is 6.42 Å². The van der Waals surface area contributed by atoms with Gasteiger partial charge in [0.15, 0.2) is 0 Å². The molecule has 0 aromatic heterocycles. The van der Waals surface area contributed by atoms with Crippen molar-refractivity contribution in [2.24, 2.45) is 0 Å². The summed E-state index contributed by atoms with van der Waals surface area (Å²) in [5.74, 6) is -1.45. The molecule has 0 saturated carbocycles. The third-order valence-corrected chi connectivity index (χ3v) is 4.90. The largest absolute Gasteiger partial charge is 0.334 e. The molecule has 0 spiro atoms. The molecule has 1 aliphatic carbocycles. The van der Waals surface area contributed by atoms with E-state index in [2.05, 4.69) is 22.0 Å². The van der Waals surface area contributed by atoms with Crippen LogP contribution in [0.3, 0.4) is 0 Å². The van der Waals surface area contributed by atoms with E-state index < -0.39 is 17.8 Å². The molecule has 3 rings (SSSR count). The topological polar surface area (TPSA) is 57.7 Å². The van der Waals surface area contributed by atoms with Crippen LogP contribution in [-0.2, 0) is 16.1 Å². The van der Waals surface area contributed by atoms with Crippen LogP contribution in [0, 0.1) is 0 Å². The summed E-state index contributed by atoms with van der Waals surface area (Å²) in [6.07, 6.45) is 7.29. The number of hydrogen-bond donors (Lipinski definition) is 0. The average Bonchev–Trinajstić information content (AvgIpc) is 2.78. The lowest BCUT2D eigenvalue weighted by atomic mass is 9.97. The molecule has 0 bridgehead atoms. The summed E-state index contributed by atoms with van der Waals surface area (Å²) in [6.45, 7) is 0.395. The predicted molar refractivity (Wildman–Crippen MR) is 93.0 cm³/mol. The van der Waals surface area contributed by atoms with Crippen molar-refractivity contribution in [1.29, 1.82) is 0 Å². The van der Waals surface area contributed by atoms with Gasteiger partial charge in [0, 0.05) is 11.0 Å². The molecule has 1 aromatic carbocycles. The van der Waals surface area contributed by atoms with Gasteiger partial charge in [0.2, 0.25) is 0 Å². The lowest BCUT2D eigenvalue weighted by Crippen LogP contribution is -2.34. The van der Waals surface area contributed by atoms with Crippen LogP contribution in [0.2, 0.25) is 0 Å². The molecule has 1 heterocycles. The molecule has 5 nitrogen and oxygen atoms in total. The van der Waals surface area contributed by atoms with Crippen molar-refractivity contribution in [3.05, 3.63) is 46.0 Å².